The first-order chi connectivity index (χ1) is 7.74. The molecule has 0 aromatic rings. The fourth-order valence-electron chi connectivity index (χ4n) is 2.17. The minimum absolute atomic E-state index is 0.307. The van der Waals surface area contributed by atoms with Gasteiger partial charge in [0.2, 0.25) is 0 Å². The molecule has 16 heavy (non-hydrogen) atoms. The Hall–Kier alpha value is -0.120. The Morgan fingerprint density at radius 2 is 2.06 bits per heavy atom. The molecule has 0 bridgehead atoms. The summed E-state index contributed by atoms with van der Waals surface area (Å²) in [5.41, 5.74) is 0. The van der Waals surface area contributed by atoms with Crippen molar-refractivity contribution >= 4 is 0 Å². The van der Waals surface area contributed by atoms with Gasteiger partial charge in [-0.1, -0.05) is 6.92 Å². The number of rotatable bonds is 8. The third kappa shape index (κ3) is 5.28. The van der Waals surface area contributed by atoms with Gasteiger partial charge in [-0.05, 0) is 46.1 Å². The fraction of sp³-hybridized carbons (Fsp3) is 1.00. The summed E-state index contributed by atoms with van der Waals surface area (Å²) >= 11 is 0. The highest BCUT2D eigenvalue weighted by molar-refractivity contribution is 4.83. The SMILES string of the molecule is CCCNC1CCCC1OCCOC(C)C. The van der Waals surface area contributed by atoms with Gasteiger partial charge in [-0.25, -0.2) is 0 Å². The maximum Gasteiger partial charge on any atom is 0.0729 e. The van der Waals surface area contributed by atoms with Gasteiger partial charge in [-0.3, -0.25) is 0 Å². The molecule has 0 aromatic heterocycles. The molecule has 0 aliphatic heterocycles. The van der Waals surface area contributed by atoms with Crippen molar-refractivity contribution in [2.75, 3.05) is 19.8 Å². The van der Waals surface area contributed by atoms with Crippen LogP contribution >= 0.6 is 0 Å². The first-order valence-electron chi connectivity index (χ1n) is 6.70. The Labute approximate surface area is 99.9 Å². The topological polar surface area (TPSA) is 30.5 Å². The lowest BCUT2D eigenvalue weighted by Gasteiger charge is -2.21. The first-order valence-corrected chi connectivity index (χ1v) is 6.70. The van der Waals surface area contributed by atoms with Gasteiger partial charge < -0.3 is 14.8 Å². The van der Waals surface area contributed by atoms with Crippen LogP contribution in [-0.4, -0.2) is 38.0 Å². The second-order valence-corrected chi connectivity index (χ2v) is 4.82. The Morgan fingerprint density at radius 3 is 2.75 bits per heavy atom. The van der Waals surface area contributed by atoms with E-state index in [0.717, 1.165) is 13.2 Å². The maximum absolute atomic E-state index is 5.88. The summed E-state index contributed by atoms with van der Waals surface area (Å²) in [7, 11) is 0. The normalized spacial score (nSPS) is 25.5. The third-order valence-electron chi connectivity index (χ3n) is 2.98. The molecule has 0 amide bonds. The van der Waals surface area contributed by atoms with Crippen LogP contribution in [0, 0.1) is 0 Å². The molecule has 1 aliphatic carbocycles. The molecule has 1 fully saturated rings. The second kappa shape index (κ2) is 8.04. The summed E-state index contributed by atoms with van der Waals surface area (Å²) in [6.07, 6.45) is 5.65. The van der Waals surface area contributed by atoms with Gasteiger partial charge in [0, 0.05) is 6.04 Å². The minimum Gasteiger partial charge on any atom is -0.376 e. The summed E-state index contributed by atoms with van der Waals surface area (Å²) in [6, 6.07) is 0.569. The number of ether oxygens (including phenoxy) is 2. The monoisotopic (exact) mass is 229 g/mol. The lowest BCUT2D eigenvalue weighted by molar-refractivity contribution is -0.0181. The van der Waals surface area contributed by atoms with E-state index in [1.807, 2.05) is 0 Å². The smallest absolute Gasteiger partial charge is 0.0729 e. The van der Waals surface area contributed by atoms with Gasteiger partial charge in [0.05, 0.1) is 25.4 Å². The third-order valence-corrected chi connectivity index (χ3v) is 2.98. The molecule has 1 N–H and O–H groups in total. The van der Waals surface area contributed by atoms with Crippen molar-refractivity contribution in [3.05, 3.63) is 0 Å². The van der Waals surface area contributed by atoms with E-state index in [1.165, 1.54) is 25.7 Å². The highest BCUT2D eigenvalue weighted by Gasteiger charge is 2.26. The van der Waals surface area contributed by atoms with Gasteiger partial charge >= 0.3 is 0 Å². The standard InChI is InChI=1S/C13H27NO2/c1-4-8-14-12-6-5-7-13(12)16-10-9-15-11(2)3/h11-14H,4-10H2,1-3H3. The zero-order chi connectivity index (χ0) is 11.8. The van der Waals surface area contributed by atoms with E-state index in [0.29, 0.717) is 24.9 Å². The summed E-state index contributed by atoms with van der Waals surface area (Å²) < 4.78 is 11.3. The molecule has 2 unspecified atom stereocenters. The van der Waals surface area contributed by atoms with Crippen LogP contribution in [0.4, 0.5) is 0 Å². The zero-order valence-electron chi connectivity index (χ0n) is 11.0. The lowest BCUT2D eigenvalue weighted by atomic mass is 10.2. The molecule has 3 nitrogen and oxygen atoms in total. The molecule has 3 heteroatoms. The molecule has 0 heterocycles. The lowest BCUT2D eigenvalue weighted by Crippen LogP contribution is -2.38. The zero-order valence-corrected chi connectivity index (χ0v) is 11.0. The van der Waals surface area contributed by atoms with Crippen molar-refractivity contribution in [2.24, 2.45) is 0 Å². The van der Waals surface area contributed by atoms with Crippen molar-refractivity contribution < 1.29 is 9.47 Å². The van der Waals surface area contributed by atoms with E-state index in [4.69, 9.17) is 9.47 Å². The van der Waals surface area contributed by atoms with E-state index >= 15 is 0 Å². The van der Waals surface area contributed by atoms with Crippen LogP contribution in [0.5, 0.6) is 0 Å². The van der Waals surface area contributed by atoms with E-state index in [9.17, 15) is 0 Å². The van der Waals surface area contributed by atoms with Gasteiger partial charge in [-0.15, -0.1) is 0 Å². The average molecular weight is 229 g/mol. The van der Waals surface area contributed by atoms with Crippen LogP contribution < -0.4 is 5.32 Å². The quantitative estimate of drug-likeness (QED) is 0.648. The van der Waals surface area contributed by atoms with Crippen molar-refractivity contribution in [1.29, 1.82) is 0 Å². The molecule has 1 aliphatic rings. The first kappa shape index (κ1) is 13.9. The van der Waals surface area contributed by atoms with Gasteiger partial charge in [0.15, 0.2) is 0 Å². The van der Waals surface area contributed by atoms with Gasteiger partial charge in [0.25, 0.3) is 0 Å². The van der Waals surface area contributed by atoms with Crippen LogP contribution in [0.15, 0.2) is 0 Å². The minimum atomic E-state index is 0.307. The van der Waals surface area contributed by atoms with Crippen molar-refractivity contribution in [3.63, 3.8) is 0 Å². The highest BCUT2D eigenvalue weighted by atomic mass is 16.5. The maximum atomic E-state index is 5.88. The van der Waals surface area contributed by atoms with Crippen LogP contribution in [0.25, 0.3) is 0 Å². The molecule has 0 radical (unpaired) electrons. The molecule has 0 spiro atoms. The summed E-state index contributed by atoms with van der Waals surface area (Å²) in [5.74, 6) is 0. The summed E-state index contributed by atoms with van der Waals surface area (Å²) in [6.45, 7) is 8.87. The van der Waals surface area contributed by atoms with E-state index in [2.05, 4.69) is 26.1 Å². The summed E-state index contributed by atoms with van der Waals surface area (Å²) in [4.78, 5) is 0. The Morgan fingerprint density at radius 1 is 1.25 bits per heavy atom. The van der Waals surface area contributed by atoms with Crippen molar-refractivity contribution in [3.8, 4) is 0 Å². The largest absolute Gasteiger partial charge is 0.376 e. The van der Waals surface area contributed by atoms with E-state index < -0.39 is 0 Å². The predicted octanol–water partition coefficient (Wildman–Crippen LogP) is 2.35. The van der Waals surface area contributed by atoms with Crippen molar-refractivity contribution in [2.45, 2.75) is 64.7 Å². The number of hydrogen-bond acceptors (Lipinski definition) is 3. The molecule has 0 aromatic carbocycles. The molecule has 0 saturated heterocycles. The predicted molar refractivity (Wildman–Crippen MR) is 66.8 cm³/mol. The number of nitrogens with one attached hydrogen (secondary N) is 1. The molecular formula is C13H27NO2. The second-order valence-electron chi connectivity index (χ2n) is 4.82. The average Bonchev–Trinajstić information content (AvgIpc) is 2.69. The van der Waals surface area contributed by atoms with Gasteiger partial charge in [-0.2, -0.15) is 0 Å². The fourth-order valence-corrected chi connectivity index (χ4v) is 2.17. The van der Waals surface area contributed by atoms with Crippen LogP contribution in [-0.2, 0) is 9.47 Å². The Balaban J connectivity index is 2.09. The molecule has 96 valence electrons. The van der Waals surface area contributed by atoms with Crippen LogP contribution in [0.1, 0.15) is 46.5 Å². The molecule has 1 rings (SSSR count). The van der Waals surface area contributed by atoms with Gasteiger partial charge in [0.1, 0.15) is 0 Å². The van der Waals surface area contributed by atoms with E-state index in [-0.39, 0.29) is 0 Å². The van der Waals surface area contributed by atoms with Crippen LogP contribution in [0.2, 0.25) is 0 Å². The molecule has 1 saturated carbocycles. The number of hydrogen-bond donors (Lipinski definition) is 1. The van der Waals surface area contributed by atoms with E-state index in [1.54, 1.807) is 0 Å². The van der Waals surface area contributed by atoms with Crippen LogP contribution in [0.3, 0.4) is 0 Å². The molecular weight excluding hydrogens is 202 g/mol. The Bertz CT molecular complexity index is 173. The Kier molecular flexibility index (Phi) is 7.01. The molecule has 2 atom stereocenters. The summed E-state index contributed by atoms with van der Waals surface area (Å²) in [5, 5.41) is 3.57. The highest BCUT2D eigenvalue weighted by Crippen LogP contribution is 2.22. The van der Waals surface area contributed by atoms with Crippen molar-refractivity contribution in [1.82, 2.24) is 5.32 Å².